The molecule has 0 fully saturated rings. The van der Waals surface area contributed by atoms with E-state index in [9.17, 15) is 9.59 Å². The van der Waals surface area contributed by atoms with Gasteiger partial charge in [-0.25, -0.2) is 4.79 Å². The van der Waals surface area contributed by atoms with Crippen molar-refractivity contribution in [1.29, 1.82) is 0 Å². The van der Waals surface area contributed by atoms with Crippen molar-refractivity contribution >= 4 is 30.3 Å². The Morgan fingerprint density at radius 2 is 1.79 bits per heavy atom. The van der Waals surface area contributed by atoms with Crippen LogP contribution in [0.3, 0.4) is 0 Å². The van der Waals surface area contributed by atoms with E-state index in [1.807, 2.05) is 38.1 Å². The van der Waals surface area contributed by atoms with Crippen LogP contribution in [0.2, 0.25) is 0 Å². The Labute approximate surface area is 150 Å². The van der Waals surface area contributed by atoms with Crippen LogP contribution in [0.25, 0.3) is 0 Å². The van der Waals surface area contributed by atoms with Gasteiger partial charge in [0, 0.05) is 11.4 Å². The fourth-order valence-electron chi connectivity index (χ4n) is 2.05. The lowest BCUT2D eigenvalue weighted by Crippen LogP contribution is -2.49. The van der Waals surface area contributed by atoms with Gasteiger partial charge in [-0.3, -0.25) is 4.79 Å². The summed E-state index contributed by atoms with van der Waals surface area (Å²) in [6.45, 7) is 9.25. The largest absolute Gasteiger partial charge is 0.444 e. The third-order valence-electron chi connectivity index (χ3n) is 3.57. The Hall–Kier alpha value is -1.69. The van der Waals surface area contributed by atoms with Crippen LogP contribution in [0.15, 0.2) is 24.3 Å². The highest BCUT2D eigenvalue weighted by Gasteiger charge is 2.28. The molecule has 6 heteroatoms. The molecule has 2 amide bonds. The molecule has 24 heavy (non-hydrogen) atoms. The molecule has 0 spiro atoms. The first kappa shape index (κ1) is 20.4. The van der Waals surface area contributed by atoms with Gasteiger partial charge in [-0.05, 0) is 44.4 Å². The Morgan fingerprint density at radius 3 is 2.25 bits per heavy atom. The minimum atomic E-state index is -0.658. The summed E-state index contributed by atoms with van der Waals surface area (Å²) in [5.41, 5.74) is 1.15. The van der Waals surface area contributed by atoms with E-state index in [0.29, 0.717) is 11.4 Å². The van der Waals surface area contributed by atoms with Crippen LogP contribution in [0.1, 0.15) is 46.6 Å². The lowest BCUT2D eigenvalue weighted by molar-refractivity contribution is -0.119. The van der Waals surface area contributed by atoms with E-state index < -0.39 is 17.7 Å². The van der Waals surface area contributed by atoms with Crippen molar-refractivity contribution in [2.45, 2.75) is 58.4 Å². The SMILES string of the molecule is CCC(C)C(NC(=O)OC(C)(C)C)C(=O)Nc1ccc(CS)cc1. The molecule has 0 aliphatic heterocycles. The Kier molecular flexibility index (Phi) is 7.60. The number of nitrogens with one attached hydrogen (secondary N) is 2. The minimum Gasteiger partial charge on any atom is -0.444 e. The van der Waals surface area contributed by atoms with Crippen molar-refractivity contribution in [3.8, 4) is 0 Å². The Morgan fingerprint density at radius 1 is 1.21 bits per heavy atom. The molecule has 1 aromatic carbocycles. The molecule has 5 nitrogen and oxygen atoms in total. The topological polar surface area (TPSA) is 67.4 Å². The second-order valence-corrected chi connectivity index (χ2v) is 7.17. The standard InChI is InChI=1S/C18H28N2O3S/c1-6-12(2)15(20-17(22)23-18(3,4)5)16(21)19-14-9-7-13(11-24)8-10-14/h7-10,12,15,24H,6,11H2,1-5H3,(H,19,21)(H,20,22). The molecule has 0 aromatic heterocycles. The molecule has 1 aromatic rings. The molecule has 0 radical (unpaired) electrons. The maximum absolute atomic E-state index is 12.6. The highest BCUT2D eigenvalue weighted by molar-refractivity contribution is 7.79. The van der Waals surface area contributed by atoms with Gasteiger partial charge in [0.1, 0.15) is 11.6 Å². The number of amides is 2. The fraction of sp³-hybridized carbons (Fsp3) is 0.556. The van der Waals surface area contributed by atoms with Crippen molar-refractivity contribution in [3.05, 3.63) is 29.8 Å². The third kappa shape index (κ3) is 6.83. The molecule has 0 aliphatic rings. The number of alkyl carbamates (subject to hydrolysis) is 1. The molecule has 0 bridgehead atoms. The number of anilines is 1. The lowest BCUT2D eigenvalue weighted by Gasteiger charge is -2.26. The molecule has 0 saturated heterocycles. The second kappa shape index (κ2) is 8.97. The number of thiol groups is 1. The van der Waals surface area contributed by atoms with Crippen LogP contribution in [0.4, 0.5) is 10.5 Å². The summed E-state index contributed by atoms with van der Waals surface area (Å²) in [6, 6.07) is 6.80. The van der Waals surface area contributed by atoms with Crippen molar-refractivity contribution < 1.29 is 14.3 Å². The number of ether oxygens (including phenoxy) is 1. The van der Waals surface area contributed by atoms with Gasteiger partial charge in [-0.2, -0.15) is 12.6 Å². The maximum Gasteiger partial charge on any atom is 0.408 e. The molecule has 1 rings (SSSR count). The highest BCUT2D eigenvalue weighted by atomic mass is 32.1. The highest BCUT2D eigenvalue weighted by Crippen LogP contribution is 2.15. The van der Waals surface area contributed by atoms with Gasteiger partial charge in [-0.1, -0.05) is 32.4 Å². The summed E-state index contributed by atoms with van der Waals surface area (Å²) in [6.07, 6.45) is 0.167. The van der Waals surface area contributed by atoms with Gasteiger partial charge in [0.2, 0.25) is 5.91 Å². The van der Waals surface area contributed by atoms with E-state index in [4.69, 9.17) is 4.74 Å². The van der Waals surface area contributed by atoms with E-state index in [1.165, 1.54) is 0 Å². The van der Waals surface area contributed by atoms with Crippen LogP contribution in [-0.4, -0.2) is 23.6 Å². The van der Waals surface area contributed by atoms with Gasteiger partial charge in [-0.15, -0.1) is 0 Å². The fourth-order valence-corrected chi connectivity index (χ4v) is 2.26. The van der Waals surface area contributed by atoms with Crippen molar-refractivity contribution in [2.75, 3.05) is 5.32 Å². The molecule has 0 heterocycles. The molecule has 0 saturated carbocycles. The first-order chi connectivity index (χ1) is 11.2. The van der Waals surface area contributed by atoms with Crippen LogP contribution >= 0.6 is 12.6 Å². The summed E-state index contributed by atoms with van der Waals surface area (Å²) < 4.78 is 5.25. The van der Waals surface area contributed by atoms with Crippen molar-refractivity contribution in [3.63, 3.8) is 0 Å². The predicted molar refractivity (Wildman–Crippen MR) is 100 cm³/mol. The Balaban J connectivity index is 2.79. The summed E-state index contributed by atoms with van der Waals surface area (Å²) in [5.74, 6) is 0.368. The molecule has 2 unspecified atom stereocenters. The summed E-state index contributed by atoms with van der Waals surface area (Å²) in [4.78, 5) is 24.6. The molecule has 0 aliphatic carbocycles. The monoisotopic (exact) mass is 352 g/mol. The van der Waals surface area contributed by atoms with Crippen LogP contribution in [0, 0.1) is 5.92 Å². The van der Waals surface area contributed by atoms with Crippen molar-refractivity contribution in [1.82, 2.24) is 5.32 Å². The number of benzene rings is 1. The van der Waals surface area contributed by atoms with E-state index in [-0.39, 0.29) is 11.8 Å². The second-order valence-electron chi connectivity index (χ2n) is 6.85. The zero-order valence-corrected chi connectivity index (χ0v) is 15.9. The van der Waals surface area contributed by atoms with Crippen molar-refractivity contribution in [2.24, 2.45) is 5.92 Å². The predicted octanol–water partition coefficient (Wildman–Crippen LogP) is 3.99. The molecular formula is C18H28N2O3S. The zero-order chi connectivity index (χ0) is 18.3. The first-order valence-corrected chi connectivity index (χ1v) is 8.79. The number of hydrogen-bond acceptors (Lipinski definition) is 4. The van der Waals surface area contributed by atoms with Crippen LogP contribution in [-0.2, 0) is 15.3 Å². The minimum absolute atomic E-state index is 0.0192. The van der Waals surface area contributed by atoms with Gasteiger partial charge in [0.25, 0.3) is 0 Å². The summed E-state index contributed by atoms with van der Waals surface area (Å²) in [7, 11) is 0. The number of hydrogen-bond donors (Lipinski definition) is 3. The Bertz CT molecular complexity index is 552. The quantitative estimate of drug-likeness (QED) is 0.678. The third-order valence-corrected chi connectivity index (χ3v) is 3.94. The zero-order valence-electron chi connectivity index (χ0n) is 15.1. The van der Waals surface area contributed by atoms with Gasteiger partial charge < -0.3 is 15.4 Å². The average Bonchev–Trinajstić information content (AvgIpc) is 2.50. The van der Waals surface area contributed by atoms with E-state index >= 15 is 0 Å². The molecule has 134 valence electrons. The summed E-state index contributed by atoms with van der Waals surface area (Å²) in [5, 5.41) is 5.52. The number of rotatable bonds is 6. The smallest absolute Gasteiger partial charge is 0.408 e. The molecular weight excluding hydrogens is 324 g/mol. The van der Waals surface area contributed by atoms with Gasteiger partial charge in [0.15, 0.2) is 0 Å². The number of carbonyl (C=O) groups excluding carboxylic acids is 2. The van der Waals surface area contributed by atoms with Gasteiger partial charge >= 0.3 is 6.09 Å². The first-order valence-electron chi connectivity index (χ1n) is 8.16. The maximum atomic E-state index is 12.6. The normalized spacial score (nSPS) is 13.8. The van der Waals surface area contributed by atoms with Gasteiger partial charge in [0.05, 0.1) is 0 Å². The molecule has 2 atom stereocenters. The molecule has 2 N–H and O–H groups in total. The summed E-state index contributed by atoms with van der Waals surface area (Å²) >= 11 is 4.21. The lowest BCUT2D eigenvalue weighted by atomic mass is 9.98. The number of carbonyl (C=O) groups is 2. The van der Waals surface area contributed by atoms with E-state index in [2.05, 4.69) is 23.3 Å². The van der Waals surface area contributed by atoms with E-state index in [0.717, 1.165) is 12.0 Å². The van der Waals surface area contributed by atoms with Crippen LogP contribution in [0.5, 0.6) is 0 Å². The van der Waals surface area contributed by atoms with Crippen LogP contribution < -0.4 is 10.6 Å². The van der Waals surface area contributed by atoms with E-state index in [1.54, 1.807) is 20.8 Å². The average molecular weight is 353 g/mol.